The second-order valence-electron chi connectivity index (χ2n) is 12.2. The molecule has 9 nitrogen and oxygen atoms in total. The predicted molar refractivity (Wildman–Crippen MR) is 140 cm³/mol. The summed E-state index contributed by atoms with van der Waals surface area (Å²) in [5.74, 6) is 2.95. The quantitative estimate of drug-likeness (QED) is 0.454. The van der Waals surface area contributed by atoms with Crippen LogP contribution in [0.25, 0.3) is 10.9 Å². The SMILES string of the molecule is O=C(N1CCC(c2nn(CC(O)C(F)(F)F)c3ccc(Cl)cc23)CC1)N1CC2(CC(c3nnc(C4CC4)[nH]3)C2)C1. The van der Waals surface area contributed by atoms with Crippen molar-refractivity contribution in [2.75, 3.05) is 26.2 Å². The molecule has 1 aromatic carbocycles. The molecule has 7 rings (SSSR count). The van der Waals surface area contributed by atoms with E-state index in [1.54, 1.807) is 18.2 Å². The number of benzene rings is 1. The average molecular weight is 578 g/mol. The number of fused-ring (bicyclic) bond motifs is 1. The van der Waals surface area contributed by atoms with E-state index in [1.807, 2.05) is 9.80 Å². The molecule has 2 saturated heterocycles. The highest BCUT2D eigenvalue weighted by Crippen LogP contribution is 2.56. The average Bonchev–Trinajstić information content (AvgIpc) is 3.51. The monoisotopic (exact) mass is 577 g/mol. The highest BCUT2D eigenvalue weighted by Gasteiger charge is 2.55. The molecule has 2 aliphatic carbocycles. The Labute approximate surface area is 233 Å². The van der Waals surface area contributed by atoms with Gasteiger partial charge >= 0.3 is 12.2 Å². The third-order valence-electron chi connectivity index (χ3n) is 9.17. The van der Waals surface area contributed by atoms with Gasteiger partial charge in [-0.3, -0.25) is 4.68 Å². The number of aromatic amines is 1. The molecule has 2 aliphatic heterocycles. The Morgan fingerprint density at radius 2 is 1.73 bits per heavy atom. The van der Waals surface area contributed by atoms with E-state index < -0.39 is 18.8 Å². The Bertz CT molecular complexity index is 1430. The van der Waals surface area contributed by atoms with Gasteiger partial charge in [-0.1, -0.05) is 11.6 Å². The van der Waals surface area contributed by atoms with Crippen molar-refractivity contribution in [3.05, 3.63) is 40.6 Å². The van der Waals surface area contributed by atoms with E-state index in [9.17, 15) is 23.1 Å². The molecule has 1 spiro atoms. The van der Waals surface area contributed by atoms with E-state index in [0.717, 1.165) is 37.6 Å². The van der Waals surface area contributed by atoms with Gasteiger partial charge in [0.2, 0.25) is 0 Å². The van der Waals surface area contributed by atoms with Crippen molar-refractivity contribution in [3.8, 4) is 0 Å². The number of aliphatic hydroxyl groups is 1. The van der Waals surface area contributed by atoms with Crippen LogP contribution in [-0.2, 0) is 6.54 Å². The first kappa shape index (κ1) is 26.1. The number of nitrogens with zero attached hydrogens (tertiary/aromatic N) is 6. The molecule has 4 heterocycles. The van der Waals surface area contributed by atoms with Crippen LogP contribution in [0.3, 0.4) is 0 Å². The van der Waals surface area contributed by atoms with Gasteiger partial charge in [0.25, 0.3) is 0 Å². The number of nitrogens with one attached hydrogen (secondary N) is 1. The maximum Gasteiger partial charge on any atom is 0.416 e. The number of halogens is 4. The fraction of sp³-hybridized carbons (Fsp3) is 0.630. The van der Waals surface area contributed by atoms with Gasteiger partial charge in [-0.05, 0) is 56.7 Å². The van der Waals surface area contributed by atoms with Crippen LogP contribution in [0.5, 0.6) is 0 Å². The smallest absolute Gasteiger partial charge is 0.382 e. The zero-order valence-corrected chi connectivity index (χ0v) is 22.6. The van der Waals surface area contributed by atoms with Crippen molar-refractivity contribution in [1.29, 1.82) is 0 Å². The van der Waals surface area contributed by atoms with Gasteiger partial charge in [-0.25, -0.2) is 4.79 Å². The number of carbonyl (C=O) groups is 1. The Morgan fingerprint density at radius 3 is 2.38 bits per heavy atom. The van der Waals surface area contributed by atoms with E-state index in [-0.39, 0.29) is 17.4 Å². The molecule has 2 N–H and O–H groups in total. The summed E-state index contributed by atoms with van der Waals surface area (Å²) >= 11 is 6.21. The lowest BCUT2D eigenvalue weighted by Crippen LogP contribution is -2.65. The Hall–Kier alpha value is -2.86. The van der Waals surface area contributed by atoms with E-state index in [0.29, 0.717) is 59.4 Å². The number of likely N-dealkylation sites (tertiary alicyclic amines) is 2. The summed E-state index contributed by atoms with van der Waals surface area (Å²) in [5.41, 5.74) is 1.36. The number of aliphatic hydroxyl groups excluding tert-OH is 1. The third-order valence-corrected chi connectivity index (χ3v) is 9.41. The molecule has 1 atom stereocenters. The molecular formula is C27H31ClF3N7O2. The van der Waals surface area contributed by atoms with Crippen LogP contribution in [0.15, 0.2) is 18.2 Å². The van der Waals surface area contributed by atoms with E-state index in [1.165, 1.54) is 17.5 Å². The van der Waals surface area contributed by atoms with Crippen molar-refractivity contribution in [2.45, 2.75) is 75.1 Å². The van der Waals surface area contributed by atoms with Crippen molar-refractivity contribution in [3.63, 3.8) is 0 Å². The van der Waals surface area contributed by atoms with Gasteiger partial charge in [-0.15, -0.1) is 10.2 Å². The normalized spacial score (nSPS) is 22.5. The number of alkyl halides is 3. The number of piperidine rings is 1. The molecule has 2 amide bonds. The molecule has 3 aromatic rings. The van der Waals surface area contributed by atoms with Gasteiger partial charge in [-0.2, -0.15) is 18.3 Å². The summed E-state index contributed by atoms with van der Waals surface area (Å²) < 4.78 is 40.3. The summed E-state index contributed by atoms with van der Waals surface area (Å²) in [7, 11) is 0. The summed E-state index contributed by atoms with van der Waals surface area (Å²) in [6.07, 6.45) is -1.50. The second-order valence-corrected chi connectivity index (χ2v) is 12.6. The molecule has 214 valence electrons. The number of urea groups is 1. The number of hydrogen-bond donors (Lipinski definition) is 2. The Morgan fingerprint density at radius 1 is 1.05 bits per heavy atom. The second kappa shape index (κ2) is 9.34. The highest BCUT2D eigenvalue weighted by molar-refractivity contribution is 6.31. The minimum Gasteiger partial charge on any atom is -0.382 e. The number of H-pyrrole nitrogens is 1. The summed E-state index contributed by atoms with van der Waals surface area (Å²) in [6, 6.07) is 5.00. The van der Waals surface area contributed by atoms with Crippen molar-refractivity contribution >= 4 is 28.5 Å². The molecular weight excluding hydrogens is 547 g/mol. The van der Waals surface area contributed by atoms with Gasteiger partial charge in [0, 0.05) is 59.8 Å². The minimum atomic E-state index is -4.73. The number of carbonyl (C=O) groups excluding carboxylic acids is 1. The molecule has 4 aliphatic rings. The molecule has 2 saturated carbocycles. The zero-order chi connectivity index (χ0) is 27.8. The summed E-state index contributed by atoms with van der Waals surface area (Å²) in [4.78, 5) is 20.4. The molecule has 4 fully saturated rings. The van der Waals surface area contributed by atoms with Crippen LogP contribution in [0.1, 0.15) is 73.6 Å². The predicted octanol–water partition coefficient (Wildman–Crippen LogP) is 4.79. The van der Waals surface area contributed by atoms with Crippen LogP contribution in [-0.4, -0.2) is 84.4 Å². The molecule has 0 radical (unpaired) electrons. The summed E-state index contributed by atoms with van der Waals surface area (Å²) in [6.45, 7) is 1.95. The number of amides is 2. The number of hydrogen-bond acceptors (Lipinski definition) is 5. The zero-order valence-electron chi connectivity index (χ0n) is 21.9. The maximum absolute atomic E-state index is 13.2. The van der Waals surface area contributed by atoms with Crippen LogP contribution in [0, 0.1) is 5.41 Å². The molecule has 1 unspecified atom stereocenters. The van der Waals surface area contributed by atoms with Crippen molar-refractivity contribution < 1.29 is 23.1 Å². The summed E-state index contributed by atoms with van der Waals surface area (Å²) in [5, 5.41) is 24.0. The first-order valence-electron chi connectivity index (χ1n) is 14.0. The molecule has 13 heteroatoms. The topological polar surface area (TPSA) is 103 Å². The molecule has 2 aromatic heterocycles. The number of rotatable bonds is 5. The van der Waals surface area contributed by atoms with E-state index in [4.69, 9.17) is 11.6 Å². The maximum atomic E-state index is 13.2. The van der Waals surface area contributed by atoms with Crippen molar-refractivity contribution in [1.82, 2.24) is 34.8 Å². The lowest BCUT2D eigenvalue weighted by molar-refractivity contribution is -0.207. The Kier molecular flexibility index (Phi) is 6.08. The fourth-order valence-electron chi connectivity index (χ4n) is 6.78. The fourth-order valence-corrected chi connectivity index (χ4v) is 6.95. The first-order valence-corrected chi connectivity index (χ1v) is 14.3. The Balaban J connectivity index is 0.953. The molecule has 40 heavy (non-hydrogen) atoms. The minimum absolute atomic E-state index is 0.0214. The molecule has 0 bridgehead atoms. The lowest BCUT2D eigenvalue weighted by atomic mass is 9.57. The standard InChI is InChI=1S/C27H31ClF3N7O2/c28-18-3-4-20-19(9-18)22(35-38(20)12-21(39)27(29,30)31)15-5-7-36(8-6-15)25(40)37-13-26(14-37)10-17(11-26)24-32-23(33-34-24)16-1-2-16/h3-4,9,15-17,21,39H,1-2,5-8,10-14H2,(H,32,33,34). The van der Waals surface area contributed by atoms with Crippen LogP contribution >= 0.6 is 11.6 Å². The number of aromatic nitrogens is 5. The third kappa shape index (κ3) is 4.62. The van der Waals surface area contributed by atoms with Gasteiger partial charge in [0.1, 0.15) is 11.6 Å². The van der Waals surface area contributed by atoms with Gasteiger partial charge < -0.3 is 19.9 Å². The van der Waals surface area contributed by atoms with E-state index >= 15 is 0 Å². The lowest BCUT2D eigenvalue weighted by Gasteiger charge is -2.59. The van der Waals surface area contributed by atoms with E-state index in [2.05, 4.69) is 20.3 Å². The first-order chi connectivity index (χ1) is 19.1. The largest absolute Gasteiger partial charge is 0.416 e. The van der Waals surface area contributed by atoms with Crippen molar-refractivity contribution in [2.24, 2.45) is 5.41 Å². The van der Waals surface area contributed by atoms with Crippen LogP contribution < -0.4 is 0 Å². The van der Waals surface area contributed by atoms with Crippen LogP contribution in [0.2, 0.25) is 5.02 Å². The van der Waals surface area contributed by atoms with Crippen LogP contribution in [0.4, 0.5) is 18.0 Å². The van der Waals surface area contributed by atoms with Gasteiger partial charge in [0.05, 0.1) is 17.8 Å². The van der Waals surface area contributed by atoms with Gasteiger partial charge in [0.15, 0.2) is 6.10 Å². The highest BCUT2D eigenvalue weighted by atomic mass is 35.5.